The highest BCUT2D eigenvalue weighted by Gasteiger charge is 2.30. The van der Waals surface area contributed by atoms with Crippen LogP contribution in [0, 0.1) is 0 Å². The van der Waals surface area contributed by atoms with Crippen molar-refractivity contribution in [1.82, 2.24) is 0 Å². The second kappa shape index (κ2) is 5.76. The Morgan fingerprint density at radius 2 is 2.28 bits per heavy atom. The third kappa shape index (κ3) is 2.70. The predicted molar refractivity (Wildman–Crippen MR) is 78.1 cm³/mol. The number of nitrogens with two attached hydrogens (primary N) is 1. The van der Waals surface area contributed by atoms with Gasteiger partial charge in [0.15, 0.2) is 0 Å². The van der Waals surface area contributed by atoms with Gasteiger partial charge in [-0.05, 0) is 25.0 Å². The van der Waals surface area contributed by atoms with Gasteiger partial charge in [-0.15, -0.1) is 11.8 Å². The van der Waals surface area contributed by atoms with Crippen molar-refractivity contribution in [3.63, 3.8) is 0 Å². The minimum Gasteiger partial charge on any atom is -0.329 e. The Kier molecular flexibility index (Phi) is 4.30. The number of nitrogens with zero attached hydrogens (tertiary/aromatic N) is 1. The summed E-state index contributed by atoms with van der Waals surface area (Å²) in [4.78, 5) is 14.2. The van der Waals surface area contributed by atoms with Gasteiger partial charge in [0.05, 0.1) is 5.75 Å². The SMILES string of the molecule is CC(CN)SCC(=O)N1c2ccccc2CC1C. The summed E-state index contributed by atoms with van der Waals surface area (Å²) in [5.41, 5.74) is 7.92. The Bertz CT molecular complexity index is 436. The molecule has 1 aliphatic heterocycles. The van der Waals surface area contributed by atoms with E-state index in [1.807, 2.05) is 23.1 Å². The molecule has 1 aromatic rings. The van der Waals surface area contributed by atoms with Crippen molar-refractivity contribution >= 4 is 23.4 Å². The van der Waals surface area contributed by atoms with Crippen molar-refractivity contribution < 1.29 is 4.79 Å². The number of hydrogen-bond acceptors (Lipinski definition) is 3. The van der Waals surface area contributed by atoms with Crippen LogP contribution in [-0.2, 0) is 11.2 Å². The molecule has 1 aromatic carbocycles. The molecule has 0 saturated heterocycles. The summed E-state index contributed by atoms with van der Waals surface area (Å²) in [6.07, 6.45) is 0.957. The Balaban J connectivity index is 2.06. The van der Waals surface area contributed by atoms with E-state index in [1.54, 1.807) is 11.8 Å². The summed E-state index contributed by atoms with van der Waals surface area (Å²) in [6, 6.07) is 8.43. The topological polar surface area (TPSA) is 46.3 Å². The molecule has 4 heteroatoms. The quantitative estimate of drug-likeness (QED) is 0.905. The molecule has 0 fully saturated rings. The third-order valence-electron chi connectivity index (χ3n) is 3.30. The summed E-state index contributed by atoms with van der Waals surface area (Å²) in [5, 5.41) is 0.335. The number of anilines is 1. The largest absolute Gasteiger partial charge is 0.329 e. The van der Waals surface area contributed by atoms with Crippen LogP contribution in [0.25, 0.3) is 0 Å². The smallest absolute Gasteiger partial charge is 0.237 e. The van der Waals surface area contributed by atoms with Gasteiger partial charge in [0.25, 0.3) is 0 Å². The monoisotopic (exact) mass is 264 g/mol. The summed E-state index contributed by atoms with van der Waals surface area (Å²) < 4.78 is 0. The highest BCUT2D eigenvalue weighted by molar-refractivity contribution is 8.00. The molecule has 98 valence electrons. The Morgan fingerprint density at radius 1 is 1.56 bits per heavy atom. The van der Waals surface area contributed by atoms with Crippen LogP contribution < -0.4 is 10.6 Å². The minimum atomic E-state index is 0.192. The van der Waals surface area contributed by atoms with Gasteiger partial charge in [-0.25, -0.2) is 0 Å². The van der Waals surface area contributed by atoms with Crippen LogP contribution in [0.1, 0.15) is 19.4 Å². The van der Waals surface area contributed by atoms with E-state index in [2.05, 4.69) is 19.9 Å². The van der Waals surface area contributed by atoms with Gasteiger partial charge in [0.1, 0.15) is 0 Å². The van der Waals surface area contributed by atoms with Crippen LogP contribution in [0.5, 0.6) is 0 Å². The lowest BCUT2D eigenvalue weighted by molar-refractivity contribution is -0.116. The molecule has 0 aliphatic carbocycles. The molecule has 0 aromatic heterocycles. The summed E-state index contributed by atoms with van der Waals surface area (Å²) >= 11 is 1.63. The fourth-order valence-electron chi connectivity index (χ4n) is 2.30. The molecule has 2 atom stereocenters. The zero-order valence-corrected chi connectivity index (χ0v) is 11.7. The first-order valence-corrected chi connectivity index (χ1v) is 7.40. The number of benzene rings is 1. The van der Waals surface area contributed by atoms with Crippen LogP contribution in [0.4, 0.5) is 5.69 Å². The van der Waals surface area contributed by atoms with E-state index in [0.717, 1.165) is 12.1 Å². The highest BCUT2D eigenvalue weighted by Crippen LogP contribution is 2.32. The lowest BCUT2D eigenvalue weighted by atomic mass is 10.1. The first-order valence-electron chi connectivity index (χ1n) is 6.35. The number of carbonyl (C=O) groups is 1. The van der Waals surface area contributed by atoms with Crippen molar-refractivity contribution in [2.24, 2.45) is 5.73 Å². The van der Waals surface area contributed by atoms with E-state index < -0.39 is 0 Å². The van der Waals surface area contributed by atoms with Gasteiger partial charge < -0.3 is 10.6 Å². The van der Waals surface area contributed by atoms with E-state index >= 15 is 0 Å². The molecule has 1 amide bonds. The molecule has 0 spiro atoms. The molecular formula is C14H20N2OS. The van der Waals surface area contributed by atoms with Crippen molar-refractivity contribution in [2.75, 3.05) is 17.2 Å². The molecular weight excluding hydrogens is 244 g/mol. The van der Waals surface area contributed by atoms with Gasteiger partial charge in [0.2, 0.25) is 5.91 Å². The van der Waals surface area contributed by atoms with E-state index in [-0.39, 0.29) is 11.9 Å². The van der Waals surface area contributed by atoms with Gasteiger partial charge in [-0.3, -0.25) is 4.79 Å². The maximum atomic E-state index is 12.3. The highest BCUT2D eigenvalue weighted by atomic mass is 32.2. The van der Waals surface area contributed by atoms with Crippen molar-refractivity contribution in [1.29, 1.82) is 0 Å². The number of hydrogen-bond donors (Lipinski definition) is 1. The molecule has 0 radical (unpaired) electrons. The Labute approximate surface area is 113 Å². The van der Waals surface area contributed by atoms with Crippen molar-refractivity contribution in [3.05, 3.63) is 29.8 Å². The second-order valence-electron chi connectivity index (χ2n) is 4.80. The minimum absolute atomic E-state index is 0.192. The number of para-hydroxylation sites is 1. The lowest BCUT2D eigenvalue weighted by Crippen LogP contribution is -2.37. The molecule has 1 aliphatic rings. The average molecular weight is 264 g/mol. The molecule has 3 nitrogen and oxygen atoms in total. The standard InChI is InChI=1S/C14H20N2OS/c1-10-7-12-5-3-4-6-13(12)16(10)14(17)9-18-11(2)8-15/h3-6,10-11H,7-9,15H2,1-2H3. The van der Waals surface area contributed by atoms with Gasteiger partial charge in [0, 0.05) is 23.5 Å². The molecule has 2 unspecified atom stereocenters. The zero-order valence-electron chi connectivity index (χ0n) is 10.9. The number of thioether (sulfide) groups is 1. The summed E-state index contributed by atoms with van der Waals surface area (Å²) in [7, 11) is 0. The van der Waals surface area contributed by atoms with Gasteiger partial charge >= 0.3 is 0 Å². The Hall–Kier alpha value is -1.00. The second-order valence-corrected chi connectivity index (χ2v) is 6.23. The maximum Gasteiger partial charge on any atom is 0.237 e. The zero-order chi connectivity index (χ0) is 13.1. The summed E-state index contributed by atoms with van der Waals surface area (Å²) in [5.74, 6) is 0.703. The van der Waals surface area contributed by atoms with Crippen LogP contribution in [0.2, 0.25) is 0 Å². The van der Waals surface area contributed by atoms with E-state index in [4.69, 9.17) is 5.73 Å². The number of carbonyl (C=O) groups excluding carboxylic acids is 1. The van der Waals surface area contributed by atoms with Crippen molar-refractivity contribution in [2.45, 2.75) is 31.6 Å². The van der Waals surface area contributed by atoms with Gasteiger partial charge in [-0.1, -0.05) is 25.1 Å². The number of fused-ring (bicyclic) bond motifs is 1. The average Bonchev–Trinajstić information content (AvgIpc) is 2.71. The van der Waals surface area contributed by atoms with Crippen LogP contribution in [0.3, 0.4) is 0 Å². The van der Waals surface area contributed by atoms with E-state index in [9.17, 15) is 4.79 Å². The fraction of sp³-hybridized carbons (Fsp3) is 0.500. The molecule has 2 N–H and O–H groups in total. The molecule has 1 heterocycles. The lowest BCUT2D eigenvalue weighted by Gasteiger charge is -2.23. The third-order valence-corrected chi connectivity index (χ3v) is 4.47. The fourth-order valence-corrected chi connectivity index (χ4v) is 3.00. The van der Waals surface area contributed by atoms with Crippen LogP contribution >= 0.6 is 11.8 Å². The molecule has 18 heavy (non-hydrogen) atoms. The molecule has 0 bridgehead atoms. The number of amides is 1. The predicted octanol–water partition coefficient (Wildman–Crippen LogP) is 2.04. The summed E-state index contributed by atoms with van der Waals surface area (Å²) in [6.45, 7) is 4.78. The molecule has 2 rings (SSSR count). The Morgan fingerprint density at radius 3 is 3.00 bits per heavy atom. The molecule has 0 saturated carbocycles. The maximum absolute atomic E-state index is 12.3. The van der Waals surface area contributed by atoms with Gasteiger partial charge in [-0.2, -0.15) is 0 Å². The first kappa shape index (κ1) is 13.4. The normalized spacial score (nSPS) is 19.7. The van der Waals surface area contributed by atoms with Crippen LogP contribution in [0.15, 0.2) is 24.3 Å². The van der Waals surface area contributed by atoms with Crippen LogP contribution in [-0.4, -0.2) is 29.5 Å². The number of rotatable bonds is 4. The van der Waals surface area contributed by atoms with E-state index in [0.29, 0.717) is 17.5 Å². The van der Waals surface area contributed by atoms with E-state index in [1.165, 1.54) is 5.56 Å². The van der Waals surface area contributed by atoms with Crippen molar-refractivity contribution in [3.8, 4) is 0 Å². The first-order chi connectivity index (χ1) is 8.63.